The third-order valence-corrected chi connectivity index (χ3v) is 8.73. The Hall–Kier alpha value is -1.44. The van der Waals surface area contributed by atoms with Crippen LogP contribution in [0.5, 0.6) is 0 Å². The van der Waals surface area contributed by atoms with Crippen molar-refractivity contribution in [3.63, 3.8) is 0 Å². The van der Waals surface area contributed by atoms with Gasteiger partial charge in [-0.3, -0.25) is 4.79 Å². The number of hydrogen-bond donors (Lipinski definition) is 0. The number of rotatable bonds is 8. The first-order valence-electron chi connectivity index (χ1n) is 12.1. The molecule has 0 N–H and O–H groups in total. The Bertz CT molecular complexity index is 876. The average molecular weight is 464 g/mol. The predicted octanol–water partition coefficient (Wildman–Crippen LogP) is 4.08. The normalized spacial score (nSPS) is 20.4. The highest BCUT2D eigenvalue weighted by Gasteiger charge is 2.34. The first-order valence-corrected chi connectivity index (χ1v) is 13.6. The largest absolute Gasteiger partial charge is 0.337 e. The summed E-state index contributed by atoms with van der Waals surface area (Å²) < 4.78 is 28.3. The minimum Gasteiger partial charge on any atom is -0.337 e. The van der Waals surface area contributed by atoms with Gasteiger partial charge in [-0.25, -0.2) is 8.42 Å². The molecular formula is C25H41N3O3S. The second kappa shape index (κ2) is 10.7. The molecule has 1 amide bonds. The van der Waals surface area contributed by atoms with Crippen LogP contribution in [-0.4, -0.2) is 75.2 Å². The summed E-state index contributed by atoms with van der Waals surface area (Å²) >= 11 is 0. The zero-order chi connectivity index (χ0) is 23.4. The van der Waals surface area contributed by atoms with Crippen LogP contribution in [0.25, 0.3) is 0 Å². The summed E-state index contributed by atoms with van der Waals surface area (Å²) in [5.74, 6) is 0.478. The molecule has 1 aromatic carbocycles. The maximum atomic E-state index is 13.5. The molecular weight excluding hydrogens is 422 g/mol. The molecule has 0 aromatic heterocycles. The Morgan fingerprint density at radius 3 is 2.47 bits per heavy atom. The Balaban J connectivity index is 1.80. The molecule has 2 fully saturated rings. The Morgan fingerprint density at radius 2 is 1.81 bits per heavy atom. The molecule has 32 heavy (non-hydrogen) atoms. The zero-order valence-corrected chi connectivity index (χ0v) is 21.2. The SMILES string of the molecule is CN(C)CCN(CC1CCCCC1)C(=O)c1cccc(S(=O)(=O)N2CCCC(C)(C)C2)c1. The number of likely N-dealkylation sites (N-methyl/N-ethyl adjacent to an activating group) is 1. The van der Waals surface area contributed by atoms with Crippen LogP contribution in [0.15, 0.2) is 29.2 Å². The Kier molecular flexibility index (Phi) is 8.39. The summed E-state index contributed by atoms with van der Waals surface area (Å²) in [6.45, 7) is 7.48. The van der Waals surface area contributed by atoms with Gasteiger partial charge < -0.3 is 9.80 Å². The summed E-state index contributed by atoms with van der Waals surface area (Å²) in [7, 11) is 0.408. The zero-order valence-electron chi connectivity index (χ0n) is 20.3. The van der Waals surface area contributed by atoms with E-state index in [0.717, 1.165) is 25.9 Å². The molecule has 0 spiro atoms. The highest BCUT2D eigenvalue weighted by molar-refractivity contribution is 7.89. The van der Waals surface area contributed by atoms with E-state index in [1.54, 1.807) is 28.6 Å². The summed E-state index contributed by atoms with van der Waals surface area (Å²) in [4.78, 5) is 17.7. The van der Waals surface area contributed by atoms with Crippen molar-refractivity contribution < 1.29 is 13.2 Å². The van der Waals surface area contributed by atoms with Gasteiger partial charge in [0.25, 0.3) is 5.91 Å². The summed E-state index contributed by atoms with van der Waals surface area (Å²) in [6, 6.07) is 6.67. The summed E-state index contributed by atoms with van der Waals surface area (Å²) in [5.41, 5.74) is 0.443. The van der Waals surface area contributed by atoms with Crippen molar-refractivity contribution in [2.75, 3.05) is 46.8 Å². The maximum Gasteiger partial charge on any atom is 0.253 e. The second-order valence-corrected chi connectivity index (χ2v) is 12.6. The second-order valence-electron chi connectivity index (χ2n) is 10.7. The van der Waals surface area contributed by atoms with Crippen molar-refractivity contribution in [3.8, 4) is 0 Å². The standard InChI is InChI=1S/C25H41N3O3S/c1-25(2)14-9-15-28(20-25)32(30,31)23-13-8-12-22(18-23)24(29)27(17-16-26(3)4)19-21-10-6-5-7-11-21/h8,12-13,18,21H,5-7,9-11,14-17,19-20H2,1-4H3. The van der Waals surface area contributed by atoms with Crippen LogP contribution in [0, 0.1) is 11.3 Å². The van der Waals surface area contributed by atoms with Crippen LogP contribution in [0.1, 0.15) is 69.2 Å². The van der Waals surface area contributed by atoms with Gasteiger partial charge in [-0.15, -0.1) is 0 Å². The highest BCUT2D eigenvalue weighted by Crippen LogP contribution is 2.32. The summed E-state index contributed by atoms with van der Waals surface area (Å²) in [5, 5.41) is 0. The lowest BCUT2D eigenvalue weighted by molar-refractivity contribution is 0.0701. The molecule has 1 aliphatic carbocycles. The third-order valence-electron chi connectivity index (χ3n) is 6.89. The smallest absolute Gasteiger partial charge is 0.253 e. The fourth-order valence-electron chi connectivity index (χ4n) is 4.97. The molecule has 3 rings (SSSR count). The number of nitrogens with zero attached hydrogens (tertiary/aromatic N) is 3. The quantitative estimate of drug-likeness (QED) is 0.583. The van der Waals surface area contributed by atoms with Gasteiger partial charge in [0.2, 0.25) is 10.0 Å². The van der Waals surface area contributed by atoms with E-state index in [-0.39, 0.29) is 16.2 Å². The Morgan fingerprint density at radius 1 is 1.09 bits per heavy atom. The molecule has 1 saturated heterocycles. The number of amides is 1. The minimum absolute atomic E-state index is 0.0261. The third kappa shape index (κ3) is 6.55. The number of carbonyl (C=O) groups is 1. The van der Waals surface area contributed by atoms with Gasteiger partial charge in [0.05, 0.1) is 4.90 Å². The van der Waals surface area contributed by atoms with Gasteiger partial charge in [-0.05, 0) is 69.3 Å². The van der Waals surface area contributed by atoms with E-state index in [2.05, 4.69) is 18.7 Å². The molecule has 2 aliphatic rings. The molecule has 180 valence electrons. The van der Waals surface area contributed by atoms with Crippen molar-refractivity contribution in [1.29, 1.82) is 0 Å². The van der Waals surface area contributed by atoms with Crippen LogP contribution < -0.4 is 0 Å². The predicted molar refractivity (Wildman–Crippen MR) is 129 cm³/mol. The van der Waals surface area contributed by atoms with Crippen molar-refractivity contribution in [1.82, 2.24) is 14.1 Å². The first-order chi connectivity index (χ1) is 15.1. The van der Waals surface area contributed by atoms with E-state index in [9.17, 15) is 13.2 Å². The maximum absolute atomic E-state index is 13.5. The molecule has 0 atom stereocenters. The number of benzene rings is 1. The summed E-state index contributed by atoms with van der Waals surface area (Å²) in [6.07, 6.45) is 8.00. The van der Waals surface area contributed by atoms with Gasteiger partial charge in [-0.2, -0.15) is 4.31 Å². The van der Waals surface area contributed by atoms with Gasteiger partial charge in [0.1, 0.15) is 0 Å². The Labute approximate surface area is 195 Å². The highest BCUT2D eigenvalue weighted by atomic mass is 32.2. The molecule has 0 unspecified atom stereocenters. The van der Waals surface area contributed by atoms with Gasteiger partial charge in [0.15, 0.2) is 0 Å². The van der Waals surface area contributed by atoms with Crippen LogP contribution >= 0.6 is 0 Å². The van der Waals surface area contributed by atoms with Crippen molar-refractivity contribution in [2.24, 2.45) is 11.3 Å². The van der Waals surface area contributed by atoms with Gasteiger partial charge in [-0.1, -0.05) is 39.2 Å². The van der Waals surface area contributed by atoms with Crippen molar-refractivity contribution >= 4 is 15.9 Å². The molecule has 1 aromatic rings. The minimum atomic E-state index is -3.61. The van der Waals surface area contributed by atoms with Crippen molar-refractivity contribution in [2.45, 2.75) is 63.7 Å². The molecule has 6 nitrogen and oxygen atoms in total. The fourth-order valence-corrected chi connectivity index (χ4v) is 6.69. The van der Waals surface area contributed by atoms with E-state index in [4.69, 9.17) is 0 Å². The molecule has 1 saturated carbocycles. The van der Waals surface area contributed by atoms with E-state index >= 15 is 0 Å². The van der Waals surface area contributed by atoms with Crippen LogP contribution in [0.3, 0.4) is 0 Å². The van der Waals surface area contributed by atoms with Crippen LogP contribution in [0.4, 0.5) is 0 Å². The van der Waals surface area contributed by atoms with E-state index < -0.39 is 10.0 Å². The number of piperidine rings is 1. The topological polar surface area (TPSA) is 60.9 Å². The van der Waals surface area contributed by atoms with Crippen LogP contribution in [-0.2, 0) is 10.0 Å². The lowest BCUT2D eigenvalue weighted by atomic mass is 9.85. The van der Waals surface area contributed by atoms with E-state index in [1.807, 2.05) is 19.0 Å². The van der Waals surface area contributed by atoms with Gasteiger partial charge in [0, 0.05) is 38.3 Å². The molecule has 1 aliphatic heterocycles. The lowest BCUT2D eigenvalue weighted by Crippen LogP contribution is -2.43. The fraction of sp³-hybridized carbons (Fsp3) is 0.720. The molecule has 0 bridgehead atoms. The number of sulfonamides is 1. The van der Waals surface area contributed by atoms with E-state index in [1.165, 1.54) is 32.1 Å². The van der Waals surface area contributed by atoms with Crippen LogP contribution in [0.2, 0.25) is 0 Å². The lowest BCUT2D eigenvalue weighted by Gasteiger charge is -2.37. The number of carbonyl (C=O) groups excluding carboxylic acids is 1. The number of hydrogen-bond acceptors (Lipinski definition) is 4. The molecule has 7 heteroatoms. The van der Waals surface area contributed by atoms with Crippen molar-refractivity contribution in [3.05, 3.63) is 29.8 Å². The van der Waals surface area contributed by atoms with E-state index in [0.29, 0.717) is 31.1 Å². The van der Waals surface area contributed by atoms with Gasteiger partial charge >= 0.3 is 0 Å². The molecule has 0 radical (unpaired) electrons. The average Bonchev–Trinajstić information content (AvgIpc) is 2.76. The monoisotopic (exact) mass is 463 g/mol. The molecule has 1 heterocycles. The first kappa shape index (κ1) is 25.2.